The second-order valence-electron chi connectivity index (χ2n) is 7.68. The third-order valence-electron chi connectivity index (χ3n) is 5.45. The van der Waals surface area contributed by atoms with Crippen LogP contribution in [0, 0.1) is 5.82 Å². The number of nitrogens with one attached hydrogen (secondary N) is 1. The minimum absolute atomic E-state index is 0.259. The van der Waals surface area contributed by atoms with Crippen molar-refractivity contribution in [3.8, 4) is 5.75 Å². The fraction of sp³-hybridized carbons (Fsp3) is 0.682. The molecule has 0 aromatic heterocycles. The lowest BCUT2D eigenvalue weighted by Crippen LogP contribution is -2.52. The Morgan fingerprint density at radius 1 is 1.30 bits per heavy atom. The molecule has 7 nitrogen and oxygen atoms in total. The Bertz CT molecular complexity index is 674. The number of methoxy groups -OCH3 is 1. The van der Waals surface area contributed by atoms with Crippen LogP contribution in [0.4, 0.5) is 4.39 Å². The highest BCUT2D eigenvalue weighted by atomic mass is 19.1. The van der Waals surface area contributed by atoms with E-state index in [1.54, 1.807) is 12.1 Å². The van der Waals surface area contributed by atoms with Crippen molar-refractivity contribution >= 4 is 5.96 Å². The van der Waals surface area contributed by atoms with Crippen LogP contribution in [0.1, 0.15) is 25.3 Å². The standard InChI is InChI=1S/C22H35FN4O3/c1-3-24-22(25-8-14-29-17-19-5-4-13-30-19)27-11-9-26(10-12-27)16-18-6-7-21(28-2)20(23)15-18/h6-7,15,19H,3-5,8-14,16-17H2,1-2H3,(H,24,25). The van der Waals surface area contributed by atoms with E-state index in [2.05, 4.69) is 22.0 Å². The van der Waals surface area contributed by atoms with Crippen molar-refractivity contribution in [1.29, 1.82) is 0 Å². The van der Waals surface area contributed by atoms with Gasteiger partial charge in [0.2, 0.25) is 0 Å². The zero-order chi connectivity index (χ0) is 21.2. The summed E-state index contributed by atoms with van der Waals surface area (Å²) in [6.07, 6.45) is 2.49. The second kappa shape index (κ2) is 12.1. The number of aliphatic imine (C=N–C) groups is 1. The van der Waals surface area contributed by atoms with E-state index < -0.39 is 0 Å². The van der Waals surface area contributed by atoms with Gasteiger partial charge in [0.05, 0.1) is 33.0 Å². The van der Waals surface area contributed by atoms with Gasteiger partial charge in [0.15, 0.2) is 17.5 Å². The van der Waals surface area contributed by atoms with Crippen molar-refractivity contribution in [2.24, 2.45) is 4.99 Å². The lowest BCUT2D eigenvalue weighted by Gasteiger charge is -2.36. The van der Waals surface area contributed by atoms with E-state index >= 15 is 0 Å². The maximum atomic E-state index is 13.9. The molecule has 0 bridgehead atoms. The number of guanidine groups is 1. The summed E-state index contributed by atoms with van der Waals surface area (Å²) in [7, 11) is 1.48. The molecule has 168 valence electrons. The molecule has 1 N–H and O–H groups in total. The molecule has 2 heterocycles. The number of ether oxygens (including phenoxy) is 3. The summed E-state index contributed by atoms with van der Waals surface area (Å²) in [6, 6.07) is 5.18. The van der Waals surface area contributed by atoms with Gasteiger partial charge in [0, 0.05) is 45.9 Å². The third kappa shape index (κ3) is 6.82. The molecule has 0 radical (unpaired) electrons. The van der Waals surface area contributed by atoms with E-state index in [4.69, 9.17) is 19.2 Å². The first kappa shape index (κ1) is 22.8. The van der Waals surface area contributed by atoms with Crippen LogP contribution in [0.25, 0.3) is 0 Å². The van der Waals surface area contributed by atoms with Gasteiger partial charge in [-0.25, -0.2) is 4.39 Å². The Morgan fingerprint density at radius 2 is 2.13 bits per heavy atom. The molecular formula is C22H35FN4O3. The number of rotatable bonds is 9. The van der Waals surface area contributed by atoms with E-state index in [1.807, 2.05) is 6.07 Å². The Hall–Kier alpha value is -1.90. The van der Waals surface area contributed by atoms with Gasteiger partial charge in [0.1, 0.15) is 0 Å². The van der Waals surface area contributed by atoms with Gasteiger partial charge in [-0.1, -0.05) is 6.07 Å². The third-order valence-corrected chi connectivity index (χ3v) is 5.45. The average Bonchev–Trinajstić information content (AvgIpc) is 3.27. The van der Waals surface area contributed by atoms with Crippen molar-refractivity contribution in [1.82, 2.24) is 15.1 Å². The van der Waals surface area contributed by atoms with Gasteiger partial charge in [0.25, 0.3) is 0 Å². The summed E-state index contributed by atoms with van der Waals surface area (Å²) in [5, 5.41) is 3.38. The predicted molar refractivity (Wildman–Crippen MR) is 116 cm³/mol. The van der Waals surface area contributed by atoms with E-state index in [1.165, 1.54) is 7.11 Å². The molecule has 1 aromatic rings. The summed E-state index contributed by atoms with van der Waals surface area (Å²) < 4.78 is 30.2. The average molecular weight is 423 g/mol. The monoisotopic (exact) mass is 422 g/mol. The lowest BCUT2D eigenvalue weighted by atomic mass is 10.2. The van der Waals surface area contributed by atoms with Crippen molar-refractivity contribution in [2.45, 2.75) is 32.4 Å². The summed E-state index contributed by atoms with van der Waals surface area (Å²) in [4.78, 5) is 9.35. The van der Waals surface area contributed by atoms with Crippen molar-refractivity contribution in [2.75, 3.05) is 66.2 Å². The van der Waals surface area contributed by atoms with Gasteiger partial charge < -0.3 is 24.4 Å². The maximum absolute atomic E-state index is 13.9. The summed E-state index contributed by atoms with van der Waals surface area (Å²) in [5.74, 6) is 0.917. The van der Waals surface area contributed by atoms with Crippen LogP contribution in [0.15, 0.2) is 23.2 Å². The number of piperazine rings is 1. The summed E-state index contributed by atoms with van der Waals surface area (Å²) >= 11 is 0. The van der Waals surface area contributed by atoms with Crippen LogP contribution < -0.4 is 10.1 Å². The fourth-order valence-corrected chi connectivity index (χ4v) is 3.82. The highest BCUT2D eigenvalue weighted by molar-refractivity contribution is 5.80. The van der Waals surface area contributed by atoms with Crippen LogP contribution in [-0.4, -0.2) is 88.1 Å². The normalized spacial score (nSPS) is 20.6. The summed E-state index contributed by atoms with van der Waals surface area (Å²) in [5.41, 5.74) is 0.964. The van der Waals surface area contributed by atoms with Crippen molar-refractivity contribution in [3.63, 3.8) is 0 Å². The zero-order valence-corrected chi connectivity index (χ0v) is 18.2. The molecule has 1 unspecified atom stereocenters. The predicted octanol–water partition coefficient (Wildman–Crippen LogP) is 2.11. The molecule has 0 spiro atoms. The van der Waals surface area contributed by atoms with E-state index in [0.29, 0.717) is 19.8 Å². The van der Waals surface area contributed by atoms with Crippen molar-refractivity contribution in [3.05, 3.63) is 29.6 Å². The van der Waals surface area contributed by atoms with Crippen LogP contribution in [-0.2, 0) is 16.0 Å². The fourth-order valence-electron chi connectivity index (χ4n) is 3.82. The largest absolute Gasteiger partial charge is 0.494 e. The van der Waals surface area contributed by atoms with Gasteiger partial charge in [-0.05, 0) is 37.5 Å². The van der Waals surface area contributed by atoms with Crippen LogP contribution in [0.3, 0.4) is 0 Å². The molecule has 0 aliphatic carbocycles. The SMILES string of the molecule is CCNC(=NCCOCC1CCCO1)N1CCN(Cc2ccc(OC)c(F)c2)CC1. The van der Waals surface area contributed by atoms with Crippen LogP contribution >= 0.6 is 0 Å². The Labute approximate surface area is 179 Å². The molecule has 30 heavy (non-hydrogen) atoms. The Balaban J connectivity index is 1.41. The number of nitrogens with zero attached hydrogens (tertiary/aromatic N) is 3. The van der Waals surface area contributed by atoms with Crippen LogP contribution in [0.5, 0.6) is 5.75 Å². The molecule has 2 aliphatic rings. The quantitative estimate of drug-likeness (QED) is 0.374. The Morgan fingerprint density at radius 3 is 2.80 bits per heavy atom. The van der Waals surface area contributed by atoms with E-state index in [9.17, 15) is 4.39 Å². The topological polar surface area (TPSA) is 58.6 Å². The number of hydrogen-bond donors (Lipinski definition) is 1. The van der Waals surface area contributed by atoms with Gasteiger partial charge >= 0.3 is 0 Å². The molecule has 2 fully saturated rings. The zero-order valence-electron chi connectivity index (χ0n) is 18.2. The molecule has 0 saturated carbocycles. The number of halogens is 1. The van der Waals surface area contributed by atoms with Crippen molar-refractivity contribution < 1.29 is 18.6 Å². The minimum Gasteiger partial charge on any atom is -0.494 e. The van der Waals surface area contributed by atoms with E-state index in [-0.39, 0.29) is 17.7 Å². The van der Waals surface area contributed by atoms with Gasteiger partial charge in [-0.15, -0.1) is 0 Å². The second-order valence-corrected chi connectivity index (χ2v) is 7.68. The summed E-state index contributed by atoms with van der Waals surface area (Å²) in [6.45, 7) is 10.0. The molecule has 1 aromatic carbocycles. The molecule has 8 heteroatoms. The highest BCUT2D eigenvalue weighted by Crippen LogP contribution is 2.19. The smallest absolute Gasteiger partial charge is 0.194 e. The molecule has 1 atom stereocenters. The highest BCUT2D eigenvalue weighted by Gasteiger charge is 2.20. The lowest BCUT2D eigenvalue weighted by molar-refractivity contribution is 0.0199. The Kier molecular flexibility index (Phi) is 9.17. The van der Waals surface area contributed by atoms with Gasteiger partial charge in [-0.2, -0.15) is 0 Å². The maximum Gasteiger partial charge on any atom is 0.194 e. The first-order valence-electron chi connectivity index (χ1n) is 11.0. The molecular weight excluding hydrogens is 387 g/mol. The molecule has 0 amide bonds. The minimum atomic E-state index is -0.308. The molecule has 2 saturated heterocycles. The van der Waals surface area contributed by atoms with Gasteiger partial charge in [-0.3, -0.25) is 9.89 Å². The number of hydrogen-bond acceptors (Lipinski definition) is 5. The van der Waals surface area contributed by atoms with E-state index in [0.717, 1.165) is 70.2 Å². The molecule has 3 rings (SSSR count). The van der Waals surface area contributed by atoms with Crippen LogP contribution in [0.2, 0.25) is 0 Å². The first-order valence-corrected chi connectivity index (χ1v) is 11.0. The first-order chi connectivity index (χ1) is 14.7. The number of benzene rings is 1. The molecule has 2 aliphatic heterocycles.